The molecule has 8 atom stereocenters. The number of hydrogen-bond donors (Lipinski definition) is 8. The summed E-state index contributed by atoms with van der Waals surface area (Å²) in [4.78, 5) is 40.3. The van der Waals surface area contributed by atoms with Crippen molar-refractivity contribution in [2.24, 2.45) is 46.6 Å². The molecular formula is C24H40F12N4O8. The standard InChI is InChI=1S/4C6H10F3NO2/c4*1-3(6(7,8)9)2-4(10)5(11)12/h4*3-4H,2,10H2,1H3,(H,11,12)/t2*3-,4+;2*3-,4-/m1010/s1. The van der Waals surface area contributed by atoms with Crippen molar-refractivity contribution in [1.82, 2.24) is 0 Å². The first-order valence-electron chi connectivity index (χ1n) is 13.2. The zero-order valence-corrected chi connectivity index (χ0v) is 25.7. The molecule has 0 bridgehead atoms. The topological polar surface area (TPSA) is 253 Å². The molecule has 0 heterocycles. The van der Waals surface area contributed by atoms with Crippen LogP contribution >= 0.6 is 0 Å². The van der Waals surface area contributed by atoms with Crippen LogP contribution in [0, 0.1) is 23.7 Å². The Morgan fingerprint density at radius 2 is 0.500 bits per heavy atom. The Bertz CT molecular complexity index is 827. The predicted octanol–water partition coefficient (Wildman–Crippen LogP) is 3.95. The SMILES string of the molecule is C[C@@H](C[C@@H](N)C(=O)O)C(F)(F)F.C[C@@H](C[C@H](N)C(=O)O)C(F)(F)F.C[C@H](C[C@@H](N)C(=O)O)C(F)(F)F.C[C@H](C[C@H](N)C(=O)O)C(F)(F)F. The van der Waals surface area contributed by atoms with Crippen LogP contribution in [0.1, 0.15) is 53.4 Å². The molecule has 0 aromatic rings. The maximum Gasteiger partial charge on any atom is 0.391 e. The van der Waals surface area contributed by atoms with Gasteiger partial charge in [0, 0.05) is 0 Å². The van der Waals surface area contributed by atoms with Crippen molar-refractivity contribution >= 4 is 23.9 Å². The highest BCUT2D eigenvalue weighted by Gasteiger charge is 2.40. The largest absolute Gasteiger partial charge is 0.480 e. The Balaban J connectivity index is -0.000000269. The van der Waals surface area contributed by atoms with E-state index in [1.54, 1.807) is 0 Å². The number of carboxylic acid groups (broad SMARTS) is 4. The molecule has 24 heteroatoms. The average Bonchev–Trinajstić information content (AvgIpc) is 2.87. The Kier molecular flexibility index (Phi) is 23.5. The summed E-state index contributed by atoms with van der Waals surface area (Å²) in [7, 11) is 0. The lowest BCUT2D eigenvalue weighted by atomic mass is 10.0. The fourth-order valence-electron chi connectivity index (χ4n) is 2.46. The van der Waals surface area contributed by atoms with Gasteiger partial charge in [0.2, 0.25) is 0 Å². The molecule has 0 unspecified atom stereocenters. The van der Waals surface area contributed by atoms with Gasteiger partial charge in [-0.15, -0.1) is 0 Å². The van der Waals surface area contributed by atoms with Crippen LogP contribution in [0.15, 0.2) is 0 Å². The summed E-state index contributed by atoms with van der Waals surface area (Å²) >= 11 is 0. The number of nitrogens with two attached hydrogens (primary N) is 4. The highest BCUT2D eigenvalue weighted by Crippen LogP contribution is 2.31. The average molecular weight is 741 g/mol. The summed E-state index contributed by atoms with van der Waals surface area (Å²) in [6.45, 7) is 3.62. The van der Waals surface area contributed by atoms with E-state index in [2.05, 4.69) is 0 Å². The molecule has 0 aliphatic carbocycles. The minimum absolute atomic E-state index is 0.584. The number of alkyl halides is 12. The first-order valence-corrected chi connectivity index (χ1v) is 13.2. The minimum Gasteiger partial charge on any atom is -0.480 e. The van der Waals surface area contributed by atoms with E-state index in [4.69, 9.17) is 43.4 Å². The van der Waals surface area contributed by atoms with Crippen LogP contribution < -0.4 is 22.9 Å². The maximum absolute atomic E-state index is 11.8. The van der Waals surface area contributed by atoms with Gasteiger partial charge < -0.3 is 43.4 Å². The number of rotatable bonds is 12. The minimum atomic E-state index is -4.37. The van der Waals surface area contributed by atoms with Crippen LogP contribution in [0.3, 0.4) is 0 Å². The molecule has 0 rings (SSSR count). The molecule has 0 saturated heterocycles. The van der Waals surface area contributed by atoms with E-state index in [-0.39, 0.29) is 0 Å². The molecular weight excluding hydrogens is 700 g/mol. The molecule has 0 aromatic heterocycles. The van der Waals surface area contributed by atoms with Crippen LogP contribution in [0.2, 0.25) is 0 Å². The van der Waals surface area contributed by atoms with Gasteiger partial charge in [-0.1, -0.05) is 27.7 Å². The molecule has 0 amide bonds. The first-order chi connectivity index (χ1) is 21.0. The van der Waals surface area contributed by atoms with Gasteiger partial charge in [-0.05, 0) is 25.7 Å². The molecule has 0 fully saturated rings. The Morgan fingerprint density at radius 1 is 0.396 bits per heavy atom. The van der Waals surface area contributed by atoms with Crippen LogP contribution in [-0.2, 0) is 19.2 Å². The van der Waals surface area contributed by atoms with Gasteiger partial charge in [-0.2, -0.15) is 52.7 Å². The van der Waals surface area contributed by atoms with Crippen molar-refractivity contribution in [2.45, 2.75) is 102 Å². The second-order valence-electron chi connectivity index (χ2n) is 10.5. The van der Waals surface area contributed by atoms with Crippen LogP contribution in [0.25, 0.3) is 0 Å². The quantitative estimate of drug-likeness (QED) is 0.133. The number of halogens is 12. The lowest BCUT2D eigenvalue weighted by Crippen LogP contribution is -2.35. The summed E-state index contributed by atoms with van der Waals surface area (Å²) < 4.78 is 142. The van der Waals surface area contributed by atoms with Crippen molar-refractivity contribution in [2.75, 3.05) is 0 Å². The lowest BCUT2D eigenvalue weighted by molar-refractivity contribution is -0.174. The van der Waals surface area contributed by atoms with Crippen molar-refractivity contribution in [3.05, 3.63) is 0 Å². The number of aliphatic carboxylic acids is 4. The van der Waals surface area contributed by atoms with E-state index < -0.39 is 122 Å². The van der Waals surface area contributed by atoms with Crippen molar-refractivity contribution in [3.63, 3.8) is 0 Å². The van der Waals surface area contributed by atoms with E-state index in [0.717, 1.165) is 27.7 Å². The zero-order chi connectivity index (χ0) is 39.8. The molecule has 0 aromatic carbocycles. The highest BCUT2D eigenvalue weighted by atomic mass is 19.4. The maximum atomic E-state index is 11.8. The summed E-state index contributed by atoms with van der Waals surface area (Å²) in [5.74, 6) is -12.4. The van der Waals surface area contributed by atoms with E-state index in [1.165, 1.54) is 0 Å². The van der Waals surface area contributed by atoms with Gasteiger partial charge in [0.25, 0.3) is 0 Å². The van der Waals surface area contributed by atoms with Crippen molar-refractivity contribution in [3.8, 4) is 0 Å². The smallest absolute Gasteiger partial charge is 0.391 e. The van der Waals surface area contributed by atoms with Gasteiger partial charge in [0.15, 0.2) is 0 Å². The van der Waals surface area contributed by atoms with E-state index >= 15 is 0 Å². The molecule has 0 aliphatic rings. The number of hydrogen-bond acceptors (Lipinski definition) is 8. The van der Waals surface area contributed by atoms with Gasteiger partial charge in [0.05, 0.1) is 23.7 Å². The van der Waals surface area contributed by atoms with Gasteiger partial charge >= 0.3 is 48.6 Å². The highest BCUT2D eigenvalue weighted by molar-refractivity contribution is 5.74. The number of carbonyl (C=O) groups is 4. The molecule has 12 nitrogen and oxygen atoms in total. The third kappa shape index (κ3) is 26.9. The Labute approximate surface area is 265 Å². The summed E-state index contributed by atoms with van der Waals surface area (Å²) in [6.07, 6.45) is -19.8. The van der Waals surface area contributed by atoms with E-state index in [0.29, 0.717) is 0 Å². The Morgan fingerprint density at radius 3 is 0.562 bits per heavy atom. The Hall–Kier alpha value is -3.12. The molecule has 48 heavy (non-hydrogen) atoms. The third-order valence-corrected chi connectivity index (χ3v) is 5.93. The first kappa shape index (κ1) is 51.7. The van der Waals surface area contributed by atoms with Gasteiger partial charge in [-0.25, -0.2) is 0 Å². The second kappa shape index (κ2) is 21.8. The third-order valence-electron chi connectivity index (χ3n) is 5.93. The van der Waals surface area contributed by atoms with E-state index in [1.807, 2.05) is 0 Å². The van der Waals surface area contributed by atoms with Crippen LogP contribution in [0.4, 0.5) is 52.7 Å². The second-order valence-corrected chi connectivity index (χ2v) is 10.5. The molecule has 0 saturated carbocycles. The monoisotopic (exact) mass is 740 g/mol. The zero-order valence-electron chi connectivity index (χ0n) is 25.7. The van der Waals surface area contributed by atoms with E-state index in [9.17, 15) is 71.9 Å². The molecule has 0 spiro atoms. The summed E-state index contributed by atoms with van der Waals surface area (Å²) in [6, 6.07) is -5.77. The molecule has 0 aliphatic heterocycles. The molecule has 288 valence electrons. The fraction of sp³-hybridized carbons (Fsp3) is 0.833. The van der Waals surface area contributed by atoms with Gasteiger partial charge in [-0.3, -0.25) is 19.2 Å². The summed E-state index contributed by atoms with van der Waals surface area (Å²) in [5, 5.41) is 32.8. The summed E-state index contributed by atoms with van der Waals surface area (Å²) in [5.41, 5.74) is 19.7. The van der Waals surface area contributed by atoms with Crippen molar-refractivity contribution < 1.29 is 92.3 Å². The van der Waals surface area contributed by atoms with Gasteiger partial charge in [0.1, 0.15) is 24.2 Å². The predicted molar refractivity (Wildman–Crippen MR) is 142 cm³/mol. The lowest BCUT2D eigenvalue weighted by Gasteiger charge is -2.16. The molecule has 12 N–H and O–H groups in total. The van der Waals surface area contributed by atoms with Crippen molar-refractivity contribution in [1.29, 1.82) is 0 Å². The van der Waals surface area contributed by atoms with Crippen LogP contribution in [0.5, 0.6) is 0 Å². The molecule has 0 radical (unpaired) electrons. The number of carboxylic acids is 4. The fourth-order valence-corrected chi connectivity index (χ4v) is 2.46. The normalized spacial score (nSPS) is 17.1. The van der Waals surface area contributed by atoms with Crippen LogP contribution in [-0.4, -0.2) is 93.2 Å².